The van der Waals surface area contributed by atoms with Crippen LogP contribution in [0.5, 0.6) is 5.75 Å². The van der Waals surface area contributed by atoms with Gasteiger partial charge in [-0.2, -0.15) is 0 Å². The fourth-order valence-corrected chi connectivity index (χ4v) is 2.98. The monoisotopic (exact) mass is 280 g/mol. The van der Waals surface area contributed by atoms with Gasteiger partial charge in [0.05, 0.1) is 5.54 Å². The Balaban J connectivity index is 2.25. The lowest BCUT2D eigenvalue weighted by molar-refractivity contribution is 0.0806. The Morgan fingerprint density at radius 1 is 1.55 bits per heavy atom. The minimum Gasteiger partial charge on any atom is -0.507 e. The van der Waals surface area contributed by atoms with Crippen LogP contribution in [0.4, 0.5) is 4.39 Å². The fourth-order valence-electron chi connectivity index (χ4n) is 2.98. The number of carbonyl (C=O) groups excluding carboxylic acids is 1. The Hall–Kier alpha value is -1.62. The van der Waals surface area contributed by atoms with E-state index >= 15 is 0 Å². The van der Waals surface area contributed by atoms with Crippen molar-refractivity contribution in [3.05, 3.63) is 29.6 Å². The molecule has 0 bridgehead atoms. The van der Waals surface area contributed by atoms with Crippen LogP contribution in [0.1, 0.15) is 43.0 Å². The summed E-state index contributed by atoms with van der Waals surface area (Å²) in [6, 6.07) is 3.83. The zero-order chi connectivity index (χ0) is 14.8. The first-order valence-electron chi connectivity index (χ1n) is 7.00. The second-order valence-electron chi connectivity index (χ2n) is 5.60. The molecule has 1 amide bonds. The third-order valence-corrected chi connectivity index (χ3v) is 4.40. The lowest BCUT2D eigenvalue weighted by atomic mass is 9.73. The molecule has 1 aliphatic rings. The number of carbonyl (C=O) groups is 1. The molecule has 0 heterocycles. The van der Waals surface area contributed by atoms with E-state index in [-0.39, 0.29) is 17.2 Å². The topological polar surface area (TPSA) is 75.3 Å². The molecule has 0 radical (unpaired) electrons. The largest absolute Gasteiger partial charge is 0.507 e. The van der Waals surface area contributed by atoms with E-state index < -0.39 is 17.3 Å². The maximum atomic E-state index is 13.7. The summed E-state index contributed by atoms with van der Waals surface area (Å²) in [5, 5.41) is 12.5. The van der Waals surface area contributed by atoms with Gasteiger partial charge in [-0.1, -0.05) is 25.8 Å². The van der Waals surface area contributed by atoms with Crippen molar-refractivity contribution in [2.75, 3.05) is 6.54 Å². The van der Waals surface area contributed by atoms with E-state index in [1.165, 1.54) is 12.1 Å². The summed E-state index contributed by atoms with van der Waals surface area (Å²) in [5.74, 6) is -1.44. The molecular formula is C15H21FN2O2. The van der Waals surface area contributed by atoms with E-state index in [1.54, 1.807) is 0 Å². The van der Waals surface area contributed by atoms with Gasteiger partial charge in [0.2, 0.25) is 0 Å². The molecule has 1 aromatic carbocycles. The van der Waals surface area contributed by atoms with E-state index in [1.807, 2.05) is 6.92 Å². The summed E-state index contributed by atoms with van der Waals surface area (Å²) in [4.78, 5) is 12.3. The first kappa shape index (κ1) is 14.8. The number of hydrogen-bond acceptors (Lipinski definition) is 3. The minimum absolute atomic E-state index is 0.235. The molecule has 4 N–H and O–H groups in total. The maximum absolute atomic E-state index is 13.7. The first-order chi connectivity index (χ1) is 9.50. The molecule has 0 spiro atoms. The fraction of sp³-hybridized carbons (Fsp3) is 0.533. The molecule has 1 saturated carbocycles. The highest BCUT2D eigenvalue weighted by Gasteiger charge is 2.39. The van der Waals surface area contributed by atoms with Gasteiger partial charge in [-0.3, -0.25) is 4.79 Å². The number of nitrogens with two attached hydrogens (primary N) is 1. The summed E-state index contributed by atoms with van der Waals surface area (Å²) < 4.78 is 13.7. The molecule has 2 rings (SSSR count). The molecule has 0 saturated heterocycles. The molecule has 4 nitrogen and oxygen atoms in total. The molecule has 2 atom stereocenters. The highest BCUT2D eigenvalue weighted by atomic mass is 19.1. The van der Waals surface area contributed by atoms with Crippen LogP contribution in [0.15, 0.2) is 18.2 Å². The SMILES string of the molecule is CC1CCCCC1(CN)NC(=O)c1c(O)cccc1F. The second-order valence-corrected chi connectivity index (χ2v) is 5.60. The lowest BCUT2D eigenvalue weighted by Crippen LogP contribution is -2.59. The maximum Gasteiger partial charge on any atom is 0.258 e. The highest BCUT2D eigenvalue weighted by molar-refractivity contribution is 5.97. The second kappa shape index (κ2) is 5.79. The van der Waals surface area contributed by atoms with Crippen LogP contribution in [0.25, 0.3) is 0 Å². The molecule has 1 aromatic rings. The van der Waals surface area contributed by atoms with Crippen molar-refractivity contribution in [3.8, 4) is 5.75 Å². The Morgan fingerprint density at radius 2 is 2.30 bits per heavy atom. The predicted octanol–water partition coefficient (Wildman–Crippen LogP) is 2.17. The molecule has 0 aromatic heterocycles. The minimum atomic E-state index is -0.724. The average molecular weight is 280 g/mol. The summed E-state index contributed by atoms with van der Waals surface area (Å²) in [6.45, 7) is 2.36. The highest BCUT2D eigenvalue weighted by Crippen LogP contribution is 2.33. The number of nitrogens with one attached hydrogen (secondary N) is 1. The van der Waals surface area contributed by atoms with E-state index in [9.17, 15) is 14.3 Å². The molecule has 20 heavy (non-hydrogen) atoms. The number of hydrogen-bond donors (Lipinski definition) is 3. The molecule has 1 aliphatic carbocycles. The van der Waals surface area contributed by atoms with Crippen molar-refractivity contribution < 1.29 is 14.3 Å². The van der Waals surface area contributed by atoms with Crippen molar-refractivity contribution in [3.63, 3.8) is 0 Å². The number of aromatic hydroxyl groups is 1. The molecule has 110 valence electrons. The van der Waals surface area contributed by atoms with Gasteiger partial charge in [-0.25, -0.2) is 4.39 Å². The number of rotatable bonds is 3. The van der Waals surface area contributed by atoms with Crippen molar-refractivity contribution in [1.82, 2.24) is 5.32 Å². The molecule has 5 heteroatoms. The van der Waals surface area contributed by atoms with Gasteiger partial charge >= 0.3 is 0 Å². The van der Waals surface area contributed by atoms with Gasteiger partial charge in [-0.05, 0) is 30.9 Å². The van der Waals surface area contributed by atoms with E-state index in [4.69, 9.17) is 5.73 Å². The van der Waals surface area contributed by atoms with E-state index in [0.717, 1.165) is 31.7 Å². The number of amides is 1. The van der Waals surface area contributed by atoms with Gasteiger partial charge in [-0.15, -0.1) is 0 Å². The Bertz CT molecular complexity index is 486. The van der Waals surface area contributed by atoms with Crippen LogP contribution in [-0.4, -0.2) is 23.1 Å². The zero-order valence-corrected chi connectivity index (χ0v) is 11.7. The Morgan fingerprint density at radius 3 is 2.90 bits per heavy atom. The summed E-state index contributed by atoms with van der Waals surface area (Å²) in [6.07, 6.45) is 3.88. The van der Waals surface area contributed by atoms with Gasteiger partial charge in [0, 0.05) is 6.54 Å². The van der Waals surface area contributed by atoms with Crippen LogP contribution in [0, 0.1) is 11.7 Å². The third kappa shape index (κ3) is 2.63. The van der Waals surface area contributed by atoms with Gasteiger partial charge in [0.25, 0.3) is 5.91 Å². The predicted molar refractivity (Wildman–Crippen MR) is 74.9 cm³/mol. The van der Waals surface area contributed by atoms with Crippen molar-refractivity contribution >= 4 is 5.91 Å². The quantitative estimate of drug-likeness (QED) is 0.794. The van der Waals surface area contributed by atoms with Crippen LogP contribution in [-0.2, 0) is 0 Å². The van der Waals surface area contributed by atoms with E-state index in [2.05, 4.69) is 5.32 Å². The summed E-state index contributed by atoms with van der Waals surface area (Å²) in [7, 11) is 0. The van der Waals surface area contributed by atoms with Crippen molar-refractivity contribution in [2.45, 2.75) is 38.1 Å². The molecule has 2 unspecified atom stereocenters. The van der Waals surface area contributed by atoms with Gasteiger partial charge in [0.1, 0.15) is 17.1 Å². The van der Waals surface area contributed by atoms with Crippen LogP contribution < -0.4 is 11.1 Å². The van der Waals surface area contributed by atoms with Crippen LogP contribution in [0.2, 0.25) is 0 Å². The van der Waals surface area contributed by atoms with Crippen molar-refractivity contribution in [2.24, 2.45) is 11.7 Å². The number of halogens is 1. The zero-order valence-electron chi connectivity index (χ0n) is 11.7. The summed E-state index contributed by atoms with van der Waals surface area (Å²) in [5.41, 5.74) is 5.04. The molecule has 0 aliphatic heterocycles. The molecular weight excluding hydrogens is 259 g/mol. The normalized spacial score (nSPS) is 26.2. The number of phenols is 1. The first-order valence-corrected chi connectivity index (χ1v) is 7.00. The van der Waals surface area contributed by atoms with E-state index in [0.29, 0.717) is 6.54 Å². The number of phenolic OH excluding ortho intramolecular Hbond substituents is 1. The van der Waals surface area contributed by atoms with Gasteiger partial charge in [0.15, 0.2) is 0 Å². The summed E-state index contributed by atoms with van der Waals surface area (Å²) >= 11 is 0. The Kier molecular flexibility index (Phi) is 4.28. The van der Waals surface area contributed by atoms with Crippen molar-refractivity contribution in [1.29, 1.82) is 0 Å². The van der Waals surface area contributed by atoms with Crippen LogP contribution >= 0.6 is 0 Å². The third-order valence-electron chi connectivity index (χ3n) is 4.40. The van der Waals surface area contributed by atoms with Crippen LogP contribution in [0.3, 0.4) is 0 Å². The Labute approximate surface area is 118 Å². The smallest absolute Gasteiger partial charge is 0.258 e. The standard InChI is InChI=1S/C15H21FN2O2/c1-10-5-2-3-8-15(10,9-17)18-14(20)13-11(16)6-4-7-12(13)19/h4,6-7,10,19H,2-3,5,8-9,17H2,1H3,(H,18,20). The molecule has 1 fully saturated rings. The van der Waals surface area contributed by atoms with Gasteiger partial charge < -0.3 is 16.2 Å². The lowest BCUT2D eigenvalue weighted by Gasteiger charge is -2.42. The average Bonchev–Trinajstić information content (AvgIpc) is 2.41. The number of benzene rings is 1.